The monoisotopic (exact) mass is 450 g/mol. The van der Waals surface area contributed by atoms with E-state index in [4.69, 9.17) is 0 Å². The molecule has 3 heteroatoms. The topological polar surface area (TPSA) is 34.9 Å². The molecule has 2 unspecified atom stereocenters. The third-order valence-corrected chi connectivity index (χ3v) is 7.26. The lowest BCUT2D eigenvalue weighted by atomic mass is 9.69. The quantitative estimate of drug-likeness (QED) is 0.295. The van der Waals surface area contributed by atoms with Gasteiger partial charge in [-0.25, -0.2) is 4.79 Å². The van der Waals surface area contributed by atoms with Crippen molar-refractivity contribution in [2.24, 2.45) is 0 Å². The fourth-order valence-electron chi connectivity index (χ4n) is 5.64. The number of allylic oxidation sites excluding steroid dienone is 4. The van der Waals surface area contributed by atoms with Crippen molar-refractivity contribution in [3.8, 4) is 28.2 Å². The highest BCUT2D eigenvalue weighted by Crippen LogP contribution is 2.50. The number of aromatic nitrogens is 2. The molecular weight excluding hydrogens is 428 g/mol. The van der Waals surface area contributed by atoms with Crippen molar-refractivity contribution in [3.05, 3.63) is 149 Å². The Morgan fingerprint density at radius 2 is 1.31 bits per heavy atom. The summed E-state index contributed by atoms with van der Waals surface area (Å²) in [7, 11) is 0. The van der Waals surface area contributed by atoms with E-state index in [1.165, 1.54) is 27.8 Å². The molecule has 7 rings (SSSR count). The molecule has 0 saturated heterocycles. The first kappa shape index (κ1) is 19.9. The molecule has 0 aromatic heterocycles. The first-order chi connectivity index (χ1) is 17.3. The van der Waals surface area contributed by atoms with Gasteiger partial charge in [0.1, 0.15) is 0 Å². The van der Waals surface area contributed by atoms with Crippen molar-refractivity contribution in [3.63, 3.8) is 0 Å². The summed E-state index contributed by atoms with van der Waals surface area (Å²) in [6.45, 7) is 0. The highest BCUT2D eigenvalue weighted by atomic mass is 16.1. The van der Waals surface area contributed by atoms with E-state index in [-0.39, 0.29) is 5.69 Å². The van der Waals surface area contributed by atoms with Gasteiger partial charge >= 0.3 is 5.69 Å². The molecule has 4 aliphatic rings. The molecule has 0 N–H and O–H groups in total. The first-order valence-electron chi connectivity index (χ1n) is 11.9. The maximum absolute atomic E-state index is 12.6. The van der Waals surface area contributed by atoms with Gasteiger partial charge in [0.15, 0.2) is 0 Å². The summed E-state index contributed by atoms with van der Waals surface area (Å²) in [5, 5.41) is 0. The Labute approximate surface area is 203 Å². The Kier molecular flexibility index (Phi) is 4.43. The third-order valence-electron chi connectivity index (χ3n) is 7.26. The fourth-order valence-corrected chi connectivity index (χ4v) is 5.64. The van der Waals surface area contributed by atoms with Gasteiger partial charge < -0.3 is 0 Å². The molecule has 0 spiro atoms. The van der Waals surface area contributed by atoms with Gasteiger partial charge in [0.05, 0.1) is 17.1 Å². The minimum atomic E-state index is -0.254. The second-order valence-electron chi connectivity index (χ2n) is 9.17. The van der Waals surface area contributed by atoms with Crippen LogP contribution in [0.2, 0.25) is 0 Å². The van der Waals surface area contributed by atoms with E-state index in [1.54, 1.807) is 4.57 Å². The van der Waals surface area contributed by atoms with Crippen molar-refractivity contribution in [1.29, 1.82) is 0 Å². The van der Waals surface area contributed by atoms with Crippen LogP contribution in [0.3, 0.4) is 0 Å². The first-order valence-corrected chi connectivity index (χ1v) is 11.9. The van der Waals surface area contributed by atoms with Crippen molar-refractivity contribution in [2.75, 3.05) is 0 Å². The molecule has 3 aliphatic carbocycles. The number of imidazole rings is 1. The second kappa shape index (κ2) is 7.78. The standard InChI is InChI=1S/C32H22N2O/c35-32-33-30-12-2-1-3-13-31(30)34(32)23-17-14-21(15-18-23)22-16-19-28-26-10-5-4-8-24(26)25-9-6-7-11-27(25)29(28)20-22/h1-20,28-29H. The Morgan fingerprint density at radius 3 is 2.09 bits per heavy atom. The predicted octanol–water partition coefficient (Wildman–Crippen LogP) is 6.84. The van der Waals surface area contributed by atoms with Gasteiger partial charge in [0.2, 0.25) is 0 Å². The number of hydrogen-bond acceptors (Lipinski definition) is 2. The predicted molar refractivity (Wildman–Crippen MR) is 141 cm³/mol. The van der Waals surface area contributed by atoms with Gasteiger partial charge in [-0.1, -0.05) is 97.1 Å². The van der Waals surface area contributed by atoms with Crippen LogP contribution < -0.4 is 5.69 Å². The molecule has 3 aromatic rings. The van der Waals surface area contributed by atoms with Crippen LogP contribution in [0.15, 0.2) is 126 Å². The number of hydrogen-bond donors (Lipinski definition) is 0. The van der Waals surface area contributed by atoms with Crippen molar-refractivity contribution in [2.45, 2.75) is 11.8 Å². The lowest BCUT2D eigenvalue weighted by molar-refractivity contribution is 0.722. The summed E-state index contributed by atoms with van der Waals surface area (Å²) in [5.41, 5.74) is 9.86. The molecule has 166 valence electrons. The van der Waals surface area contributed by atoms with Gasteiger partial charge in [-0.15, -0.1) is 0 Å². The third kappa shape index (κ3) is 3.12. The molecule has 0 fully saturated rings. The number of nitrogens with zero attached hydrogens (tertiary/aromatic N) is 2. The summed E-state index contributed by atoms with van der Waals surface area (Å²) in [5.74, 6) is 0.636. The Bertz CT molecular complexity index is 1670. The van der Waals surface area contributed by atoms with Gasteiger partial charge in [0, 0.05) is 11.8 Å². The van der Waals surface area contributed by atoms with Crippen molar-refractivity contribution in [1.82, 2.24) is 9.55 Å². The van der Waals surface area contributed by atoms with E-state index in [1.807, 2.05) is 42.5 Å². The highest BCUT2D eigenvalue weighted by Gasteiger charge is 2.32. The van der Waals surface area contributed by atoms with E-state index in [2.05, 4.69) is 83.9 Å². The van der Waals surface area contributed by atoms with Gasteiger partial charge in [-0.2, -0.15) is 4.98 Å². The molecule has 1 heterocycles. The summed E-state index contributed by atoms with van der Waals surface area (Å²) in [6.07, 6.45) is 6.99. The number of rotatable bonds is 2. The van der Waals surface area contributed by atoms with E-state index in [9.17, 15) is 4.79 Å². The minimum Gasteiger partial charge on any atom is -0.259 e. The zero-order chi connectivity index (χ0) is 23.4. The largest absolute Gasteiger partial charge is 0.353 e. The fraction of sp³-hybridized carbons (Fsp3) is 0.0625. The molecule has 2 atom stereocenters. The summed E-state index contributed by atoms with van der Waals surface area (Å²) in [6, 6.07) is 35.3. The highest BCUT2D eigenvalue weighted by molar-refractivity contribution is 5.82. The van der Waals surface area contributed by atoms with Crippen LogP contribution in [0, 0.1) is 0 Å². The van der Waals surface area contributed by atoms with Crippen LogP contribution in [0.4, 0.5) is 0 Å². The average molecular weight is 451 g/mol. The summed E-state index contributed by atoms with van der Waals surface area (Å²) in [4.78, 5) is 16.8. The van der Waals surface area contributed by atoms with Crippen LogP contribution >= 0.6 is 0 Å². The Morgan fingerprint density at radius 1 is 0.657 bits per heavy atom. The van der Waals surface area contributed by atoms with E-state index < -0.39 is 0 Å². The molecule has 35 heavy (non-hydrogen) atoms. The molecule has 1 aliphatic heterocycles. The maximum Gasteiger partial charge on any atom is 0.353 e. The second-order valence-corrected chi connectivity index (χ2v) is 9.17. The molecule has 3 nitrogen and oxygen atoms in total. The number of benzene rings is 3. The normalized spacial score (nSPS) is 17.9. The van der Waals surface area contributed by atoms with Crippen molar-refractivity contribution < 1.29 is 0 Å². The minimum absolute atomic E-state index is 0.254. The average Bonchev–Trinajstić information content (AvgIpc) is 3.06. The lowest BCUT2D eigenvalue weighted by Gasteiger charge is -2.35. The summed E-state index contributed by atoms with van der Waals surface area (Å²) < 4.78 is 1.68. The van der Waals surface area contributed by atoms with Gasteiger partial charge in [-0.3, -0.25) is 4.57 Å². The SMILES string of the molecule is O=c1nc2cccccc-2n1-c1ccc(C2=CC3c4ccccc4-c4ccccc4C3C=C2)cc1. The smallest absolute Gasteiger partial charge is 0.259 e. The number of fused-ring (bicyclic) bond motifs is 7. The van der Waals surface area contributed by atoms with Crippen LogP contribution in [0.5, 0.6) is 0 Å². The van der Waals surface area contributed by atoms with Crippen LogP contribution in [0.1, 0.15) is 28.5 Å². The van der Waals surface area contributed by atoms with Crippen molar-refractivity contribution >= 4 is 5.57 Å². The zero-order valence-corrected chi connectivity index (χ0v) is 19.0. The summed E-state index contributed by atoms with van der Waals surface area (Å²) >= 11 is 0. The zero-order valence-electron chi connectivity index (χ0n) is 19.0. The molecular formula is C32H22N2O. The van der Waals surface area contributed by atoms with E-state index >= 15 is 0 Å². The Hall–Kier alpha value is -4.50. The van der Waals surface area contributed by atoms with E-state index in [0.29, 0.717) is 17.5 Å². The van der Waals surface area contributed by atoms with Gasteiger partial charge in [0.25, 0.3) is 0 Å². The van der Waals surface area contributed by atoms with Gasteiger partial charge in [-0.05, 0) is 57.7 Å². The Balaban J connectivity index is 1.28. The van der Waals surface area contributed by atoms with Crippen LogP contribution in [0.25, 0.3) is 33.8 Å². The molecule has 0 bridgehead atoms. The molecule has 3 aromatic carbocycles. The molecule has 0 amide bonds. The lowest BCUT2D eigenvalue weighted by Crippen LogP contribution is -2.17. The van der Waals surface area contributed by atoms with Crippen LogP contribution in [-0.4, -0.2) is 9.55 Å². The molecule has 0 saturated carbocycles. The van der Waals surface area contributed by atoms with E-state index in [0.717, 1.165) is 16.9 Å². The maximum atomic E-state index is 12.6. The van der Waals surface area contributed by atoms with Crippen LogP contribution in [-0.2, 0) is 0 Å². The molecule has 0 radical (unpaired) electrons.